The first-order chi connectivity index (χ1) is 12.9. The maximum Gasteiger partial charge on any atom is 0.211 e. The maximum absolute atomic E-state index is 14.0. The van der Waals surface area contributed by atoms with Crippen molar-refractivity contribution in [2.24, 2.45) is 5.73 Å². The van der Waals surface area contributed by atoms with Gasteiger partial charge in [-0.3, -0.25) is 4.40 Å². The minimum atomic E-state index is -0.725. The Morgan fingerprint density at radius 2 is 2.00 bits per heavy atom. The Kier molecular flexibility index (Phi) is 4.74. The molecule has 0 aliphatic carbocycles. The molecule has 1 aliphatic heterocycles. The molecular formula is C19H20Cl2FN5. The molecule has 0 radical (unpaired) electrons. The van der Waals surface area contributed by atoms with Gasteiger partial charge in [0.05, 0.1) is 21.3 Å². The number of nitrogens with zero attached hydrogens (tertiary/aromatic N) is 4. The SMILES string of the molecule is CC1(N)CCN(c2nc(CF)c(-c3cccc(Cl)c3Cl)c3nccn23)CC1. The van der Waals surface area contributed by atoms with Gasteiger partial charge in [-0.1, -0.05) is 35.3 Å². The largest absolute Gasteiger partial charge is 0.342 e. The first-order valence-corrected chi connectivity index (χ1v) is 9.57. The average molecular weight is 408 g/mol. The third-order valence-corrected chi connectivity index (χ3v) is 5.96. The van der Waals surface area contributed by atoms with E-state index in [1.54, 1.807) is 24.4 Å². The Morgan fingerprint density at radius 3 is 2.70 bits per heavy atom. The third-order valence-electron chi connectivity index (χ3n) is 5.14. The van der Waals surface area contributed by atoms with Crippen LogP contribution in [0.5, 0.6) is 0 Å². The molecule has 0 unspecified atom stereocenters. The first-order valence-electron chi connectivity index (χ1n) is 8.81. The minimum Gasteiger partial charge on any atom is -0.342 e. The smallest absolute Gasteiger partial charge is 0.211 e. The summed E-state index contributed by atoms with van der Waals surface area (Å²) >= 11 is 12.6. The summed E-state index contributed by atoms with van der Waals surface area (Å²) in [6.07, 6.45) is 5.20. The molecule has 1 aliphatic rings. The highest BCUT2D eigenvalue weighted by molar-refractivity contribution is 6.43. The van der Waals surface area contributed by atoms with Gasteiger partial charge in [-0.05, 0) is 25.8 Å². The molecule has 0 saturated carbocycles. The first kappa shape index (κ1) is 18.5. The number of rotatable bonds is 3. The number of halogens is 3. The van der Waals surface area contributed by atoms with Gasteiger partial charge in [-0.15, -0.1) is 0 Å². The molecule has 0 atom stereocenters. The van der Waals surface area contributed by atoms with Gasteiger partial charge in [0.15, 0.2) is 0 Å². The van der Waals surface area contributed by atoms with Crippen molar-refractivity contribution in [3.05, 3.63) is 46.3 Å². The van der Waals surface area contributed by atoms with Gasteiger partial charge in [0.1, 0.15) is 12.3 Å². The molecule has 0 bridgehead atoms. The topological polar surface area (TPSA) is 59.5 Å². The molecule has 142 valence electrons. The van der Waals surface area contributed by atoms with E-state index in [4.69, 9.17) is 28.9 Å². The van der Waals surface area contributed by atoms with Crippen molar-refractivity contribution in [3.63, 3.8) is 0 Å². The summed E-state index contributed by atoms with van der Waals surface area (Å²) in [5.41, 5.74) is 8.17. The molecule has 3 heterocycles. The number of nitrogens with two attached hydrogens (primary N) is 1. The average Bonchev–Trinajstić information content (AvgIpc) is 3.13. The Labute approximate surface area is 166 Å². The third kappa shape index (κ3) is 3.26. The number of alkyl halides is 1. The van der Waals surface area contributed by atoms with Gasteiger partial charge < -0.3 is 10.6 Å². The standard InChI is InChI=1S/C19H20Cl2FN5/c1-19(23)5-8-26(9-6-19)18-25-14(11-22)15(17-24-7-10-27(17)18)12-3-2-4-13(20)16(12)21/h2-4,7,10H,5-6,8-9,11,23H2,1H3. The van der Waals surface area contributed by atoms with E-state index < -0.39 is 6.67 Å². The molecule has 2 N–H and O–H groups in total. The van der Waals surface area contributed by atoms with Crippen molar-refractivity contribution in [1.82, 2.24) is 14.4 Å². The van der Waals surface area contributed by atoms with Crippen LogP contribution in [0, 0.1) is 0 Å². The van der Waals surface area contributed by atoms with Crippen LogP contribution in [-0.2, 0) is 6.67 Å². The zero-order chi connectivity index (χ0) is 19.2. The Bertz CT molecular complexity index is 991. The molecular weight excluding hydrogens is 388 g/mol. The van der Waals surface area contributed by atoms with Gasteiger partial charge in [0.25, 0.3) is 0 Å². The van der Waals surface area contributed by atoms with E-state index in [0.717, 1.165) is 25.9 Å². The van der Waals surface area contributed by atoms with Crippen LogP contribution in [0.25, 0.3) is 16.8 Å². The second-order valence-electron chi connectivity index (χ2n) is 7.23. The Morgan fingerprint density at radius 1 is 1.26 bits per heavy atom. The summed E-state index contributed by atoms with van der Waals surface area (Å²) in [6.45, 7) is 2.85. The van der Waals surface area contributed by atoms with Crippen LogP contribution in [0.15, 0.2) is 30.6 Å². The zero-order valence-electron chi connectivity index (χ0n) is 14.9. The summed E-state index contributed by atoms with van der Waals surface area (Å²) < 4.78 is 15.9. The number of hydrogen-bond donors (Lipinski definition) is 1. The molecule has 5 nitrogen and oxygen atoms in total. The number of benzene rings is 1. The highest BCUT2D eigenvalue weighted by Gasteiger charge is 2.29. The van der Waals surface area contributed by atoms with E-state index in [-0.39, 0.29) is 5.54 Å². The van der Waals surface area contributed by atoms with Crippen LogP contribution < -0.4 is 10.6 Å². The van der Waals surface area contributed by atoms with Gasteiger partial charge in [0.2, 0.25) is 5.95 Å². The lowest BCUT2D eigenvalue weighted by Gasteiger charge is -2.37. The van der Waals surface area contributed by atoms with Gasteiger partial charge in [0, 0.05) is 36.6 Å². The predicted molar refractivity (Wildman–Crippen MR) is 107 cm³/mol. The fourth-order valence-corrected chi connectivity index (χ4v) is 3.91. The molecule has 1 fully saturated rings. The number of imidazole rings is 1. The van der Waals surface area contributed by atoms with Gasteiger partial charge in [-0.2, -0.15) is 0 Å². The van der Waals surface area contributed by atoms with Gasteiger partial charge in [-0.25, -0.2) is 14.4 Å². The molecule has 1 saturated heterocycles. The normalized spacial score (nSPS) is 16.9. The van der Waals surface area contributed by atoms with Crippen molar-refractivity contribution in [1.29, 1.82) is 0 Å². The minimum absolute atomic E-state index is 0.179. The van der Waals surface area contributed by atoms with Crippen LogP contribution in [0.1, 0.15) is 25.5 Å². The van der Waals surface area contributed by atoms with E-state index in [2.05, 4.69) is 21.8 Å². The quantitative estimate of drug-likeness (QED) is 0.694. The van der Waals surface area contributed by atoms with Crippen LogP contribution in [0.3, 0.4) is 0 Å². The molecule has 3 aromatic rings. The number of aromatic nitrogens is 3. The lowest BCUT2D eigenvalue weighted by Crippen LogP contribution is -2.48. The van der Waals surface area contributed by atoms with E-state index in [1.807, 2.05) is 10.6 Å². The van der Waals surface area contributed by atoms with Crippen molar-refractivity contribution in [3.8, 4) is 11.1 Å². The van der Waals surface area contributed by atoms with Crippen LogP contribution in [0.4, 0.5) is 10.3 Å². The van der Waals surface area contributed by atoms with Gasteiger partial charge >= 0.3 is 0 Å². The molecule has 0 spiro atoms. The van der Waals surface area contributed by atoms with Crippen molar-refractivity contribution < 1.29 is 4.39 Å². The number of fused-ring (bicyclic) bond motifs is 1. The second-order valence-corrected chi connectivity index (χ2v) is 8.02. The van der Waals surface area contributed by atoms with E-state index >= 15 is 0 Å². The number of piperidine rings is 1. The molecule has 8 heteroatoms. The number of hydrogen-bond acceptors (Lipinski definition) is 4. The zero-order valence-corrected chi connectivity index (χ0v) is 16.4. The summed E-state index contributed by atoms with van der Waals surface area (Å²) in [5.74, 6) is 0.674. The van der Waals surface area contributed by atoms with Crippen LogP contribution in [-0.4, -0.2) is 33.0 Å². The number of anilines is 1. The fraction of sp³-hybridized carbons (Fsp3) is 0.368. The van der Waals surface area contributed by atoms with Crippen molar-refractivity contribution in [2.75, 3.05) is 18.0 Å². The lowest BCUT2D eigenvalue weighted by molar-refractivity contribution is 0.361. The maximum atomic E-state index is 14.0. The van der Waals surface area contributed by atoms with E-state index in [0.29, 0.717) is 38.5 Å². The fourth-order valence-electron chi connectivity index (χ4n) is 3.52. The Hall–Kier alpha value is -1.89. The summed E-state index contributed by atoms with van der Waals surface area (Å²) in [7, 11) is 0. The highest BCUT2D eigenvalue weighted by Crippen LogP contribution is 2.38. The monoisotopic (exact) mass is 407 g/mol. The molecule has 1 aromatic carbocycles. The summed E-state index contributed by atoms with van der Waals surface area (Å²) in [6, 6.07) is 5.29. The van der Waals surface area contributed by atoms with Crippen LogP contribution in [0.2, 0.25) is 10.0 Å². The van der Waals surface area contributed by atoms with Crippen molar-refractivity contribution in [2.45, 2.75) is 32.0 Å². The summed E-state index contributed by atoms with van der Waals surface area (Å²) in [4.78, 5) is 11.2. The van der Waals surface area contributed by atoms with Crippen molar-refractivity contribution >= 4 is 34.8 Å². The highest BCUT2D eigenvalue weighted by atomic mass is 35.5. The second kappa shape index (κ2) is 6.93. The molecule has 2 aromatic heterocycles. The van der Waals surface area contributed by atoms with Crippen LogP contribution >= 0.6 is 23.2 Å². The molecule has 4 rings (SSSR count). The molecule has 0 amide bonds. The van der Waals surface area contributed by atoms with E-state index in [9.17, 15) is 4.39 Å². The summed E-state index contributed by atoms with van der Waals surface area (Å²) in [5, 5.41) is 0.774. The Balaban J connectivity index is 1.89. The predicted octanol–water partition coefficient (Wildman–Crippen LogP) is 4.49. The van der Waals surface area contributed by atoms with E-state index in [1.165, 1.54) is 0 Å². The molecule has 27 heavy (non-hydrogen) atoms. The lowest BCUT2D eigenvalue weighted by atomic mass is 9.91.